The van der Waals surface area contributed by atoms with E-state index in [-0.39, 0.29) is 11.3 Å². The van der Waals surface area contributed by atoms with Crippen molar-refractivity contribution >= 4 is 0 Å². The van der Waals surface area contributed by atoms with E-state index in [9.17, 15) is 13.9 Å². The van der Waals surface area contributed by atoms with E-state index < -0.39 is 12.5 Å². The van der Waals surface area contributed by atoms with Gasteiger partial charge in [-0.05, 0) is 12.5 Å². The molecule has 4 heteroatoms. The van der Waals surface area contributed by atoms with Crippen molar-refractivity contribution in [2.75, 3.05) is 0 Å². The van der Waals surface area contributed by atoms with Crippen LogP contribution in [0.25, 0.3) is 0 Å². The summed E-state index contributed by atoms with van der Waals surface area (Å²) in [5.74, 6) is -0.143. The molecule has 0 spiro atoms. The van der Waals surface area contributed by atoms with Crippen molar-refractivity contribution in [3.8, 4) is 5.75 Å². The fourth-order valence-corrected chi connectivity index (χ4v) is 1.09. The van der Waals surface area contributed by atoms with Gasteiger partial charge in [0, 0.05) is 5.56 Å². The van der Waals surface area contributed by atoms with Gasteiger partial charge in [-0.2, -0.15) is 0 Å². The van der Waals surface area contributed by atoms with E-state index in [4.69, 9.17) is 5.73 Å². The minimum absolute atomic E-state index is 0.0926. The van der Waals surface area contributed by atoms with Crippen LogP contribution in [0.5, 0.6) is 5.75 Å². The first-order valence-corrected chi connectivity index (χ1v) is 3.86. The maximum Gasteiger partial charge on any atom is 0.257 e. The topological polar surface area (TPSA) is 46.2 Å². The van der Waals surface area contributed by atoms with Gasteiger partial charge < -0.3 is 10.8 Å². The molecule has 0 aliphatic carbocycles. The quantitative estimate of drug-likeness (QED) is 0.743. The molecule has 3 N–H and O–H groups in total. The second-order valence-electron chi connectivity index (χ2n) is 2.87. The summed E-state index contributed by atoms with van der Waals surface area (Å²) in [5.41, 5.74) is 5.84. The molecule has 0 heterocycles. The zero-order valence-corrected chi connectivity index (χ0v) is 7.17. The predicted octanol–water partition coefficient (Wildman–Crippen LogP) is 1.97. The third-order valence-corrected chi connectivity index (χ3v) is 1.90. The van der Waals surface area contributed by atoms with Gasteiger partial charge in [0.2, 0.25) is 0 Å². The third-order valence-electron chi connectivity index (χ3n) is 1.90. The van der Waals surface area contributed by atoms with Gasteiger partial charge in [-0.15, -0.1) is 0 Å². The summed E-state index contributed by atoms with van der Waals surface area (Å²) in [4.78, 5) is 0. The molecular weight excluding hydrogens is 176 g/mol. The number of phenolic OH excluding ortho intramolecular Hbond substituents is 1. The number of hydrogen-bond acceptors (Lipinski definition) is 2. The van der Waals surface area contributed by atoms with Crippen LogP contribution in [-0.2, 0) is 0 Å². The molecule has 72 valence electrons. The SMILES string of the molecule is Cc1cccc([C@@H](N)C(F)F)c1O. The summed E-state index contributed by atoms with van der Waals surface area (Å²) in [6, 6.07) is 3.21. The fraction of sp³-hybridized carbons (Fsp3) is 0.333. The van der Waals surface area contributed by atoms with Gasteiger partial charge in [-0.25, -0.2) is 8.78 Å². The lowest BCUT2D eigenvalue weighted by atomic mass is 10.0. The molecule has 0 unspecified atom stereocenters. The number of nitrogens with two attached hydrogens (primary N) is 1. The molecule has 0 aliphatic rings. The largest absolute Gasteiger partial charge is 0.507 e. The monoisotopic (exact) mass is 187 g/mol. The standard InChI is InChI=1S/C9H11F2NO/c1-5-3-2-4-6(8(5)13)7(12)9(10)11/h2-4,7,9,13H,12H2,1H3/t7-/m1/s1. The molecular formula is C9H11F2NO. The van der Waals surface area contributed by atoms with E-state index in [0.29, 0.717) is 5.56 Å². The van der Waals surface area contributed by atoms with Crippen LogP contribution in [-0.4, -0.2) is 11.5 Å². The Bertz CT molecular complexity index is 302. The molecule has 1 aromatic rings. The van der Waals surface area contributed by atoms with Gasteiger partial charge in [0.15, 0.2) is 0 Å². The van der Waals surface area contributed by atoms with Crippen molar-refractivity contribution in [3.63, 3.8) is 0 Å². The molecule has 0 saturated carbocycles. The van der Waals surface area contributed by atoms with Gasteiger partial charge in [0.05, 0.1) is 6.04 Å². The zero-order valence-electron chi connectivity index (χ0n) is 7.17. The molecule has 0 bridgehead atoms. The fourth-order valence-electron chi connectivity index (χ4n) is 1.09. The van der Waals surface area contributed by atoms with Gasteiger partial charge in [-0.1, -0.05) is 18.2 Å². The molecule has 1 rings (SSSR count). The van der Waals surface area contributed by atoms with Crippen LogP contribution >= 0.6 is 0 Å². The minimum Gasteiger partial charge on any atom is -0.507 e. The number of para-hydroxylation sites is 1. The second kappa shape index (κ2) is 3.70. The smallest absolute Gasteiger partial charge is 0.257 e. The Hall–Kier alpha value is -1.16. The molecule has 13 heavy (non-hydrogen) atoms. The number of alkyl halides is 2. The number of benzene rings is 1. The zero-order chi connectivity index (χ0) is 10.0. The Morgan fingerprint density at radius 1 is 1.38 bits per heavy atom. The van der Waals surface area contributed by atoms with Gasteiger partial charge in [-0.3, -0.25) is 0 Å². The first kappa shape index (κ1) is 9.92. The molecule has 0 fully saturated rings. The second-order valence-corrected chi connectivity index (χ2v) is 2.87. The maximum atomic E-state index is 12.2. The van der Waals surface area contributed by atoms with Crippen LogP contribution in [0.3, 0.4) is 0 Å². The van der Waals surface area contributed by atoms with Gasteiger partial charge in [0.1, 0.15) is 5.75 Å². The van der Waals surface area contributed by atoms with Gasteiger partial charge >= 0.3 is 0 Å². The molecule has 2 nitrogen and oxygen atoms in total. The molecule has 0 amide bonds. The summed E-state index contributed by atoms with van der Waals surface area (Å²) < 4.78 is 24.4. The molecule has 0 radical (unpaired) electrons. The van der Waals surface area contributed by atoms with E-state index in [1.54, 1.807) is 19.1 Å². The first-order valence-electron chi connectivity index (χ1n) is 3.86. The maximum absolute atomic E-state index is 12.2. The van der Waals surface area contributed by atoms with Crippen molar-refractivity contribution in [1.29, 1.82) is 0 Å². The lowest BCUT2D eigenvalue weighted by Crippen LogP contribution is -2.19. The van der Waals surface area contributed by atoms with Crippen LogP contribution in [0, 0.1) is 6.92 Å². The van der Waals surface area contributed by atoms with Crippen LogP contribution in [0.4, 0.5) is 8.78 Å². The minimum atomic E-state index is -2.66. The van der Waals surface area contributed by atoms with Crippen molar-refractivity contribution in [1.82, 2.24) is 0 Å². The average molecular weight is 187 g/mol. The number of halogens is 2. The van der Waals surface area contributed by atoms with Crippen molar-refractivity contribution in [3.05, 3.63) is 29.3 Å². The summed E-state index contributed by atoms with van der Waals surface area (Å²) in [5, 5.41) is 9.40. The Kier molecular flexibility index (Phi) is 2.83. The number of aromatic hydroxyl groups is 1. The Labute approximate surface area is 75.0 Å². The van der Waals surface area contributed by atoms with Crippen molar-refractivity contribution < 1.29 is 13.9 Å². The van der Waals surface area contributed by atoms with Crippen LogP contribution in [0.15, 0.2) is 18.2 Å². The molecule has 1 atom stereocenters. The molecule has 1 aromatic carbocycles. The highest BCUT2D eigenvalue weighted by Crippen LogP contribution is 2.29. The van der Waals surface area contributed by atoms with E-state index >= 15 is 0 Å². The van der Waals surface area contributed by atoms with Crippen LogP contribution in [0.1, 0.15) is 17.2 Å². The van der Waals surface area contributed by atoms with Crippen molar-refractivity contribution in [2.45, 2.75) is 19.4 Å². The van der Waals surface area contributed by atoms with E-state index in [1.165, 1.54) is 6.07 Å². The summed E-state index contributed by atoms with van der Waals surface area (Å²) in [6.07, 6.45) is -2.66. The van der Waals surface area contributed by atoms with E-state index in [0.717, 1.165) is 0 Å². The van der Waals surface area contributed by atoms with Crippen LogP contribution < -0.4 is 5.73 Å². The normalized spacial score (nSPS) is 13.3. The summed E-state index contributed by atoms with van der Waals surface area (Å²) in [6.45, 7) is 1.64. The lowest BCUT2D eigenvalue weighted by molar-refractivity contribution is 0.115. The highest BCUT2D eigenvalue weighted by molar-refractivity contribution is 5.41. The van der Waals surface area contributed by atoms with E-state index in [2.05, 4.69) is 0 Å². The average Bonchev–Trinajstić information content (AvgIpc) is 2.08. The number of phenols is 1. The Morgan fingerprint density at radius 3 is 2.54 bits per heavy atom. The lowest BCUT2D eigenvalue weighted by Gasteiger charge is -2.13. The highest BCUT2D eigenvalue weighted by atomic mass is 19.3. The number of aryl methyl sites for hydroxylation is 1. The Morgan fingerprint density at radius 2 is 2.00 bits per heavy atom. The third kappa shape index (κ3) is 1.95. The predicted molar refractivity (Wildman–Crippen MR) is 45.8 cm³/mol. The van der Waals surface area contributed by atoms with Gasteiger partial charge in [0.25, 0.3) is 6.43 Å². The van der Waals surface area contributed by atoms with Crippen molar-refractivity contribution in [2.24, 2.45) is 5.73 Å². The first-order chi connectivity index (χ1) is 6.04. The van der Waals surface area contributed by atoms with Crippen LogP contribution in [0.2, 0.25) is 0 Å². The number of rotatable bonds is 2. The highest BCUT2D eigenvalue weighted by Gasteiger charge is 2.20. The molecule has 0 aliphatic heterocycles. The summed E-state index contributed by atoms with van der Waals surface area (Å²) in [7, 11) is 0. The van der Waals surface area contributed by atoms with E-state index in [1.807, 2.05) is 0 Å². The summed E-state index contributed by atoms with van der Waals surface area (Å²) >= 11 is 0. The Balaban J connectivity index is 3.07. The number of hydrogen-bond donors (Lipinski definition) is 2. The molecule has 0 saturated heterocycles. The molecule has 0 aromatic heterocycles.